The van der Waals surface area contributed by atoms with Crippen LogP contribution in [0.1, 0.15) is 0 Å². The van der Waals surface area contributed by atoms with Gasteiger partial charge in [0, 0.05) is 0 Å². The largest absolute Gasteiger partial charge is 1.00 e. The zero-order valence-electron chi connectivity index (χ0n) is 11.0. The topological polar surface area (TPSA) is 58.6 Å². The van der Waals surface area contributed by atoms with Crippen molar-refractivity contribution in [1.82, 2.24) is 0 Å². The van der Waals surface area contributed by atoms with Crippen LogP contribution in [-0.2, 0) is 14.3 Å². The Morgan fingerprint density at radius 1 is 0.800 bits per heavy atom. The first-order valence-electron chi connectivity index (χ1n) is 4.68. The number of carbonyl (C=O) groups excluding carboxylic acids is 1. The average molecular weight is 435 g/mol. The molecule has 0 amide bonds. The van der Waals surface area contributed by atoms with Crippen molar-refractivity contribution in [3.05, 3.63) is 0 Å². The number of hydrogen-bond donors (Lipinski definition) is 0. The number of hydrogen-bond acceptors (Lipinski definition) is 4. The first-order chi connectivity index (χ1) is 10.1. The molecule has 0 N–H and O–H groups in total. The van der Waals surface area contributed by atoms with Gasteiger partial charge in [0.05, 0.1) is 0 Å². The molecule has 0 bridgehead atoms. The molecule has 0 aliphatic carbocycles. The standard InChI is InChI=1S/C7HCl2F11O4.Li/c8-4(13,14)5(9,15)24-7(19,20)3(12,6(16,17)18)23-2(10,11)1(21)22;/h(H,21,22);/q;+1/p-1. The van der Waals surface area contributed by atoms with Crippen LogP contribution in [0.4, 0.5) is 48.3 Å². The van der Waals surface area contributed by atoms with E-state index in [1.54, 1.807) is 4.74 Å². The molecule has 4 nitrogen and oxygen atoms in total. The van der Waals surface area contributed by atoms with Gasteiger partial charge in [-0.3, -0.25) is 9.47 Å². The van der Waals surface area contributed by atoms with E-state index in [-0.39, 0.29) is 18.9 Å². The molecule has 0 saturated heterocycles. The molecule has 0 aromatic carbocycles. The second-order valence-corrected chi connectivity index (χ2v) is 4.59. The second-order valence-electron chi connectivity index (χ2n) is 3.63. The minimum atomic E-state index is -7.27. The molecule has 18 heteroatoms. The van der Waals surface area contributed by atoms with Gasteiger partial charge >= 0.3 is 53.8 Å². The molecular formula is C7Cl2F11LiO4. The molecule has 0 aromatic rings. The maximum absolute atomic E-state index is 13.3. The van der Waals surface area contributed by atoms with E-state index in [1.807, 2.05) is 4.74 Å². The summed E-state index contributed by atoms with van der Waals surface area (Å²) in [5.41, 5.74) is 0. The second kappa shape index (κ2) is 7.43. The molecule has 0 rings (SSSR count). The molecule has 0 aromatic heterocycles. The van der Waals surface area contributed by atoms with Gasteiger partial charge in [0.15, 0.2) is 0 Å². The Labute approximate surface area is 151 Å². The van der Waals surface area contributed by atoms with Crippen LogP contribution in [0, 0.1) is 0 Å². The fourth-order valence-corrected chi connectivity index (χ4v) is 0.921. The first-order valence-corrected chi connectivity index (χ1v) is 5.44. The molecule has 0 saturated carbocycles. The quantitative estimate of drug-likeness (QED) is 0.318. The van der Waals surface area contributed by atoms with Crippen molar-refractivity contribution < 1.29 is 86.5 Å². The Bertz CT molecular complexity index is 494. The van der Waals surface area contributed by atoms with Crippen molar-refractivity contribution in [3.8, 4) is 0 Å². The summed E-state index contributed by atoms with van der Waals surface area (Å²) in [5.74, 6) is -11.1. The average Bonchev–Trinajstić information content (AvgIpc) is 2.22. The monoisotopic (exact) mass is 434 g/mol. The maximum atomic E-state index is 13.3. The summed E-state index contributed by atoms with van der Waals surface area (Å²) in [6, 6.07) is 0. The van der Waals surface area contributed by atoms with E-state index >= 15 is 0 Å². The number of ether oxygens (including phenoxy) is 2. The summed E-state index contributed by atoms with van der Waals surface area (Å²) >= 11 is 7.71. The normalized spacial score (nSPS) is 18.8. The van der Waals surface area contributed by atoms with Crippen LogP contribution in [-0.4, -0.2) is 40.9 Å². The maximum Gasteiger partial charge on any atom is 1.00 e. The van der Waals surface area contributed by atoms with Crippen molar-refractivity contribution in [3.63, 3.8) is 0 Å². The van der Waals surface area contributed by atoms with Gasteiger partial charge < -0.3 is 9.90 Å². The Morgan fingerprint density at radius 3 is 1.40 bits per heavy atom. The van der Waals surface area contributed by atoms with Gasteiger partial charge in [-0.2, -0.15) is 48.3 Å². The number of alkyl halides is 13. The van der Waals surface area contributed by atoms with Crippen molar-refractivity contribution in [2.45, 2.75) is 34.9 Å². The van der Waals surface area contributed by atoms with Crippen LogP contribution >= 0.6 is 23.2 Å². The Hall–Kier alpha value is -0.203. The van der Waals surface area contributed by atoms with Crippen LogP contribution in [0.15, 0.2) is 0 Å². The molecule has 2 unspecified atom stereocenters. The van der Waals surface area contributed by atoms with Gasteiger partial charge in [-0.1, -0.05) is 0 Å². The van der Waals surface area contributed by atoms with Crippen LogP contribution in [0.3, 0.4) is 0 Å². The molecule has 0 heterocycles. The van der Waals surface area contributed by atoms with E-state index < -0.39 is 40.9 Å². The fraction of sp³-hybridized carbons (Fsp3) is 0.857. The van der Waals surface area contributed by atoms with Gasteiger partial charge in [0.25, 0.3) is 0 Å². The SMILES string of the molecule is O=C([O-])C(F)(F)OC(F)(C(F)(F)F)C(F)(F)OC(F)(Cl)C(F)(F)Cl.[Li+]. The minimum Gasteiger partial charge on any atom is -0.542 e. The molecule has 144 valence electrons. The third-order valence-electron chi connectivity index (χ3n) is 1.83. The molecule has 0 fully saturated rings. The summed E-state index contributed by atoms with van der Waals surface area (Å²) in [6.07, 6.45) is -20.7. The molecule has 0 radical (unpaired) electrons. The van der Waals surface area contributed by atoms with Crippen LogP contribution in [0.2, 0.25) is 0 Å². The van der Waals surface area contributed by atoms with Gasteiger partial charge in [-0.05, 0) is 23.2 Å². The molecule has 25 heavy (non-hydrogen) atoms. The fourth-order valence-electron chi connectivity index (χ4n) is 0.785. The van der Waals surface area contributed by atoms with Crippen LogP contribution in [0.5, 0.6) is 0 Å². The summed E-state index contributed by atoms with van der Waals surface area (Å²) in [7, 11) is 0. The summed E-state index contributed by atoms with van der Waals surface area (Å²) < 4.78 is 143. The predicted octanol–water partition coefficient (Wildman–Crippen LogP) is -0.119. The number of carbonyl (C=O) groups is 1. The van der Waals surface area contributed by atoms with E-state index in [9.17, 15) is 58.2 Å². The van der Waals surface area contributed by atoms with Crippen LogP contribution < -0.4 is 24.0 Å². The van der Waals surface area contributed by atoms with Crippen molar-refractivity contribution in [2.24, 2.45) is 0 Å². The van der Waals surface area contributed by atoms with Crippen molar-refractivity contribution in [2.75, 3.05) is 0 Å². The Kier molecular flexibility index (Phi) is 8.03. The molecule has 0 aliphatic heterocycles. The number of carboxylic acids is 1. The molecule has 2 atom stereocenters. The van der Waals surface area contributed by atoms with Gasteiger partial charge in [0.1, 0.15) is 5.97 Å². The Balaban J connectivity index is 0. The third-order valence-corrected chi connectivity index (χ3v) is 2.49. The minimum absolute atomic E-state index is 0. The van der Waals surface area contributed by atoms with Gasteiger partial charge in [-0.15, -0.1) is 0 Å². The predicted molar refractivity (Wildman–Crippen MR) is 47.5 cm³/mol. The number of carboxylic acid groups (broad SMARTS) is 1. The Morgan fingerprint density at radius 2 is 1.16 bits per heavy atom. The molecule has 0 aliphatic rings. The molecule has 0 spiro atoms. The summed E-state index contributed by atoms with van der Waals surface area (Å²) in [6.45, 7) is 0. The summed E-state index contributed by atoms with van der Waals surface area (Å²) in [4.78, 5) is 9.75. The van der Waals surface area contributed by atoms with E-state index in [4.69, 9.17) is 0 Å². The smallest absolute Gasteiger partial charge is 0.542 e. The van der Waals surface area contributed by atoms with E-state index in [0.29, 0.717) is 0 Å². The van der Waals surface area contributed by atoms with Crippen molar-refractivity contribution >= 4 is 29.2 Å². The third kappa shape index (κ3) is 5.63. The zero-order chi connectivity index (χ0) is 20.0. The number of aliphatic carboxylic acids is 1. The van der Waals surface area contributed by atoms with Crippen molar-refractivity contribution in [1.29, 1.82) is 0 Å². The van der Waals surface area contributed by atoms with Crippen LogP contribution in [0.25, 0.3) is 0 Å². The van der Waals surface area contributed by atoms with Gasteiger partial charge in [-0.25, -0.2) is 0 Å². The van der Waals surface area contributed by atoms with E-state index in [2.05, 4.69) is 23.2 Å². The number of rotatable bonds is 7. The zero-order valence-corrected chi connectivity index (χ0v) is 12.6. The molecular weight excluding hydrogens is 435 g/mol. The van der Waals surface area contributed by atoms with Gasteiger partial charge in [0.2, 0.25) is 0 Å². The van der Waals surface area contributed by atoms with E-state index in [0.717, 1.165) is 0 Å². The summed E-state index contributed by atoms with van der Waals surface area (Å²) in [5, 5.41) is -1.73. The number of halogens is 13. The first kappa shape index (κ1) is 27.0. The van der Waals surface area contributed by atoms with E-state index in [1.165, 1.54) is 0 Å².